The minimum atomic E-state index is -0.646. The Morgan fingerprint density at radius 1 is 1.20 bits per heavy atom. The predicted octanol–water partition coefficient (Wildman–Crippen LogP) is 3.95. The Morgan fingerprint density at radius 3 is 2.72 bits per heavy atom. The number of ether oxygens (including phenoxy) is 2. The third-order valence-corrected chi connectivity index (χ3v) is 3.97. The van der Waals surface area contributed by atoms with E-state index in [1.54, 1.807) is 29.6 Å². The van der Waals surface area contributed by atoms with E-state index in [0.717, 1.165) is 0 Å². The number of halogens is 1. The van der Waals surface area contributed by atoms with Crippen molar-refractivity contribution in [3.05, 3.63) is 76.0 Å². The van der Waals surface area contributed by atoms with Crippen molar-refractivity contribution in [1.29, 1.82) is 5.26 Å². The minimum absolute atomic E-state index is 0.135. The van der Waals surface area contributed by atoms with Gasteiger partial charge in [-0.05, 0) is 36.4 Å². The van der Waals surface area contributed by atoms with E-state index in [-0.39, 0.29) is 29.4 Å². The molecular formula is C18H11FN2O3S. The van der Waals surface area contributed by atoms with E-state index in [1.807, 2.05) is 6.07 Å². The molecule has 0 amide bonds. The van der Waals surface area contributed by atoms with E-state index >= 15 is 0 Å². The maximum atomic E-state index is 12.8. The van der Waals surface area contributed by atoms with Crippen LogP contribution in [0.4, 0.5) is 4.39 Å². The fourth-order valence-corrected chi connectivity index (χ4v) is 2.62. The number of carbonyl (C=O) groups is 1. The van der Waals surface area contributed by atoms with E-state index < -0.39 is 5.97 Å². The van der Waals surface area contributed by atoms with Gasteiger partial charge in [0.1, 0.15) is 35.0 Å². The third kappa shape index (κ3) is 4.19. The van der Waals surface area contributed by atoms with E-state index in [2.05, 4.69) is 4.98 Å². The number of para-hydroxylation sites is 1. The second-order valence-corrected chi connectivity index (χ2v) is 5.81. The van der Waals surface area contributed by atoms with Gasteiger partial charge in [0.2, 0.25) is 0 Å². The van der Waals surface area contributed by atoms with Crippen molar-refractivity contribution >= 4 is 17.3 Å². The maximum absolute atomic E-state index is 12.8. The Balaban J connectivity index is 1.63. The van der Waals surface area contributed by atoms with Gasteiger partial charge in [-0.3, -0.25) is 0 Å². The summed E-state index contributed by atoms with van der Waals surface area (Å²) in [5, 5.41) is 11.1. The zero-order valence-corrected chi connectivity index (χ0v) is 13.6. The zero-order chi connectivity index (χ0) is 17.6. The van der Waals surface area contributed by atoms with Crippen LogP contribution in [0.1, 0.15) is 21.1 Å². The van der Waals surface area contributed by atoms with Crippen LogP contribution in [-0.2, 0) is 6.61 Å². The molecule has 0 aliphatic carbocycles. The first-order valence-electron chi connectivity index (χ1n) is 7.20. The lowest BCUT2D eigenvalue weighted by atomic mass is 10.2. The first-order valence-corrected chi connectivity index (χ1v) is 8.08. The molecule has 0 bridgehead atoms. The van der Waals surface area contributed by atoms with Crippen LogP contribution >= 0.6 is 11.3 Å². The molecule has 0 aliphatic rings. The van der Waals surface area contributed by atoms with Gasteiger partial charge in [0.15, 0.2) is 5.69 Å². The number of hydrogen-bond donors (Lipinski definition) is 0. The summed E-state index contributed by atoms with van der Waals surface area (Å²) >= 11 is 1.24. The number of carbonyl (C=O) groups excluding carboxylic acids is 1. The molecule has 0 radical (unpaired) electrons. The van der Waals surface area contributed by atoms with Crippen molar-refractivity contribution in [2.45, 2.75) is 6.61 Å². The average molecular weight is 354 g/mol. The third-order valence-electron chi connectivity index (χ3n) is 3.15. The van der Waals surface area contributed by atoms with Crippen molar-refractivity contribution in [3.63, 3.8) is 0 Å². The molecule has 0 unspecified atom stereocenters. The second kappa shape index (κ2) is 7.55. The van der Waals surface area contributed by atoms with Gasteiger partial charge in [-0.15, -0.1) is 11.3 Å². The number of esters is 1. The summed E-state index contributed by atoms with van der Waals surface area (Å²) in [4.78, 5) is 16.3. The molecule has 0 aliphatic heterocycles. The number of thiazole rings is 1. The summed E-state index contributed by atoms with van der Waals surface area (Å²) in [5.74, 6) is -0.299. The van der Waals surface area contributed by atoms with Crippen LogP contribution in [0.3, 0.4) is 0 Å². The molecule has 3 rings (SSSR count). The normalized spacial score (nSPS) is 10.1. The van der Waals surface area contributed by atoms with Crippen molar-refractivity contribution in [3.8, 4) is 17.6 Å². The first-order chi connectivity index (χ1) is 12.2. The molecule has 1 heterocycles. The van der Waals surface area contributed by atoms with E-state index in [1.165, 1.54) is 35.6 Å². The summed E-state index contributed by atoms with van der Waals surface area (Å²) in [6, 6.07) is 14.0. The number of hydrogen-bond acceptors (Lipinski definition) is 6. The van der Waals surface area contributed by atoms with Crippen LogP contribution in [0.5, 0.6) is 11.5 Å². The fourth-order valence-electron chi connectivity index (χ4n) is 1.95. The van der Waals surface area contributed by atoms with Crippen molar-refractivity contribution in [2.24, 2.45) is 0 Å². The molecule has 0 saturated heterocycles. The summed E-state index contributed by atoms with van der Waals surface area (Å²) in [7, 11) is 0. The van der Waals surface area contributed by atoms with Gasteiger partial charge in [-0.2, -0.15) is 5.26 Å². The predicted molar refractivity (Wildman–Crippen MR) is 89.0 cm³/mol. The quantitative estimate of drug-likeness (QED) is 0.512. The summed E-state index contributed by atoms with van der Waals surface area (Å²) in [5.41, 5.74) is 0.404. The Morgan fingerprint density at radius 2 is 1.96 bits per heavy atom. The summed E-state index contributed by atoms with van der Waals surface area (Å²) < 4.78 is 23.5. The van der Waals surface area contributed by atoms with Gasteiger partial charge in [0.25, 0.3) is 0 Å². The largest absolute Gasteiger partial charge is 0.486 e. The van der Waals surface area contributed by atoms with Gasteiger partial charge in [-0.25, -0.2) is 14.2 Å². The van der Waals surface area contributed by atoms with Crippen LogP contribution in [0.25, 0.3) is 0 Å². The van der Waals surface area contributed by atoms with Crippen LogP contribution in [0, 0.1) is 17.1 Å². The molecule has 0 saturated carbocycles. The molecule has 5 nitrogen and oxygen atoms in total. The lowest BCUT2D eigenvalue weighted by molar-refractivity contribution is 0.0728. The molecule has 0 atom stereocenters. The topological polar surface area (TPSA) is 72.2 Å². The van der Waals surface area contributed by atoms with Gasteiger partial charge >= 0.3 is 5.97 Å². The van der Waals surface area contributed by atoms with E-state index in [4.69, 9.17) is 14.7 Å². The number of rotatable bonds is 5. The highest BCUT2D eigenvalue weighted by Gasteiger charge is 2.15. The zero-order valence-electron chi connectivity index (χ0n) is 12.8. The van der Waals surface area contributed by atoms with E-state index in [9.17, 15) is 9.18 Å². The number of benzene rings is 2. The Labute approximate surface area is 146 Å². The SMILES string of the molecule is N#Cc1ccccc1OC(=O)c1csc(COc2ccc(F)cc2)n1. The van der Waals surface area contributed by atoms with Gasteiger partial charge < -0.3 is 9.47 Å². The highest BCUT2D eigenvalue weighted by Crippen LogP contribution is 2.20. The molecule has 1 aromatic heterocycles. The lowest BCUT2D eigenvalue weighted by Crippen LogP contribution is -2.10. The highest BCUT2D eigenvalue weighted by molar-refractivity contribution is 7.09. The molecule has 124 valence electrons. The van der Waals surface area contributed by atoms with Crippen LogP contribution in [0.15, 0.2) is 53.9 Å². The smallest absolute Gasteiger partial charge is 0.363 e. The van der Waals surface area contributed by atoms with Gasteiger partial charge in [0, 0.05) is 5.38 Å². The Bertz CT molecular complexity index is 932. The van der Waals surface area contributed by atoms with Gasteiger partial charge in [-0.1, -0.05) is 12.1 Å². The molecule has 0 N–H and O–H groups in total. The number of aromatic nitrogens is 1. The molecule has 0 spiro atoms. The molecule has 3 aromatic rings. The molecule has 7 heteroatoms. The van der Waals surface area contributed by atoms with Crippen molar-refractivity contribution < 1.29 is 18.7 Å². The van der Waals surface area contributed by atoms with Crippen molar-refractivity contribution in [2.75, 3.05) is 0 Å². The molecule has 25 heavy (non-hydrogen) atoms. The number of nitriles is 1. The fraction of sp³-hybridized carbons (Fsp3) is 0.0556. The molecule has 0 fully saturated rings. The molecular weight excluding hydrogens is 343 g/mol. The maximum Gasteiger partial charge on any atom is 0.363 e. The standard InChI is InChI=1S/C18H11FN2O3S/c19-13-5-7-14(8-6-13)23-10-17-21-15(11-25-17)18(22)24-16-4-2-1-3-12(16)9-20/h1-8,11H,10H2. The number of nitrogens with zero attached hydrogens (tertiary/aromatic N) is 2. The summed E-state index contributed by atoms with van der Waals surface area (Å²) in [6.45, 7) is 0.151. The monoisotopic (exact) mass is 354 g/mol. The lowest BCUT2D eigenvalue weighted by Gasteiger charge is -2.04. The first kappa shape index (κ1) is 16.6. The summed E-state index contributed by atoms with van der Waals surface area (Å²) in [6.07, 6.45) is 0. The van der Waals surface area contributed by atoms with Crippen LogP contribution < -0.4 is 9.47 Å². The highest BCUT2D eigenvalue weighted by atomic mass is 32.1. The minimum Gasteiger partial charge on any atom is -0.486 e. The van der Waals surface area contributed by atoms with Crippen molar-refractivity contribution in [1.82, 2.24) is 4.98 Å². The van der Waals surface area contributed by atoms with Crippen LogP contribution in [-0.4, -0.2) is 11.0 Å². The Hall–Kier alpha value is -3.24. The average Bonchev–Trinajstić information content (AvgIpc) is 3.11. The van der Waals surface area contributed by atoms with Crippen LogP contribution in [0.2, 0.25) is 0 Å². The van der Waals surface area contributed by atoms with E-state index in [0.29, 0.717) is 10.8 Å². The Kier molecular flexibility index (Phi) is 5.02. The molecule has 2 aromatic carbocycles. The second-order valence-electron chi connectivity index (χ2n) is 4.87. The van der Waals surface area contributed by atoms with Gasteiger partial charge in [0.05, 0.1) is 5.56 Å².